The quantitative estimate of drug-likeness (QED) is 0.864. The maximum absolute atomic E-state index is 14.4. The van der Waals surface area contributed by atoms with Gasteiger partial charge in [-0.1, -0.05) is 24.3 Å². The summed E-state index contributed by atoms with van der Waals surface area (Å²) < 4.78 is 34.1. The van der Waals surface area contributed by atoms with Gasteiger partial charge in [-0.05, 0) is 30.5 Å². The molecule has 2 aliphatic heterocycles. The highest BCUT2D eigenvalue weighted by Gasteiger charge is 2.41. The Morgan fingerprint density at radius 2 is 2.08 bits per heavy atom. The number of ether oxygens (including phenoxy) is 1. The predicted octanol–water partition coefficient (Wildman–Crippen LogP) is 4.67. The molecule has 0 aromatic heterocycles. The Bertz CT molecular complexity index is 846. The van der Waals surface area contributed by atoms with E-state index in [4.69, 9.17) is 10.00 Å². The number of hydrogen-bond donors (Lipinski definition) is 1. The number of nitrogens with one attached hydrogen (secondary N) is 1. The van der Waals surface area contributed by atoms with Crippen LogP contribution in [0, 0.1) is 28.9 Å². The first-order chi connectivity index (χ1) is 12.2. The second kappa shape index (κ2) is 6.45. The van der Waals surface area contributed by atoms with Crippen LogP contribution in [0.2, 0.25) is 0 Å². The number of nitriles is 1. The molecule has 0 amide bonds. The van der Waals surface area contributed by atoms with Crippen molar-refractivity contribution in [2.24, 2.45) is 5.92 Å². The third-order valence-electron chi connectivity index (χ3n) is 5.13. The summed E-state index contributed by atoms with van der Waals surface area (Å²) in [5.74, 6) is -1.61. The van der Waals surface area contributed by atoms with Gasteiger partial charge in [0.05, 0.1) is 24.6 Å². The van der Waals surface area contributed by atoms with E-state index in [9.17, 15) is 8.78 Å². The van der Waals surface area contributed by atoms with Crippen molar-refractivity contribution in [2.45, 2.75) is 31.4 Å². The molecule has 25 heavy (non-hydrogen) atoms. The van der Waals surface area contributed by atoms with Crippen LogP contribution < -0.4 is 5.32 Å². The summed E-state index contributed by atoms with van der Waals surface area (Å²) in [7, 11) is 0. The zero-order valence-electron chi connectivity index (χ0n) is 13.6. The Balaban J connectivity index is 1.79. The van der Waals surface area contributed by atoms with Crippen molar-refractivity contribution in [3.8, 4) is 6.07 Å². The lowest BCUT2D eigenvalue weighted by Gasteiger charge is -2.43. The number of rotatable bonds is 2. The van der Waals surface area contributed by atoms with Gasteiger partial charge in [-0.3, -0.25) is 0 Å². The minimum atomic E-state index is -0.831. The summed E-state index contributed by atoms with van der Waals surface area (Å²) in [4.78, 5) is 0. The highest BCUT2D eigenvalue weighted by atomic mass is 19.2. The Kier molecular flexibility index (Phi) is 4.14. The molecule has 2 aliphatic rings. The van der Waals surface area contributed by atoms with Crippen LogP contribution in [0.1, 0.15) is 41.7 Å². The fourth-order valence-electron chi connectivity index (χ4n) is 3.99. The van der Waals surface area contributed by atoms with Crippen molar-refractivity contribution >= 4 is 5.69 Å². The average Bonchev–Trinajstić information content (AvgIpc) is 2.64. The van der Waals surface area contributed by atoms with Crippen LogP contribution in [-0.2, 0) is 11.2 Å². The lowest BCUT2D eigenvalue weighted by Crippen LogP contribution is -2.36. The molecule has 4 rings (SSSR count). The monoisotopic (exact) mass is 340 g/mol. The third-order valence-corrected chi connectivity index (χ3v) is 5.13. The first-order valence-corrected chi connectivity index (χ1v) is 8.51. The zero-order valence-corrected chi connectivity index (χ0v) is 13.6. The van der Waals surface area contributed by atoms with Gasteiger partial charge in [0.25, 0.3) is 0 Å². The van der Waals surface area contributed by atoms with E-state index in [0.717, 1.165) is 35.7 Å². The number of fused-ring (bicyclic) bond motifs is 3. The molecule has 0 spiro atoms. The lowest BCUT2D eigenvalue weighted by atomic mass is 9.77. The number of anilines is 1. The van der Waals surface area contributed by atoms with Crippen molar-refractivity contribution in [3.63, 3.8) is 0 Å². The standard InChI is InChI=1S/C20H18F2N2O/c21-16-5-1-3-13(18(16)22)19-14-4-2-10-25-20(14)15-11-12(8-9-23)6-7-17(15)24-19/h1,3,5-7,11,14,19-20,24H,2,4,8,10H2. The molecule has 0 radical (unpaired) electrons. The SMILES string of the molecule is N#CCc1ccc2c(c1)C1OCCCC1C(c1cccc(F)c1F)N2. The Morgan fingerprint density at radius 1 is 1.20 bits per heavy atom. The maximum atomic E-state index is 14.4. The fraction of sp³-hybridized carbons (Fsp3) is 0.350. The van der Waals surface area contributed by atoms with E-state index in [1.807, 2.05) is 18.2 Å². The van der Waals surface area contributed by atoms with Gasteiger partial charge in [0, 0.05) is 29.3 Å². The minimum Gasteiger partial charge on any atom is -0.377 e. The lowest BCUT2D eigenvalue weighted by molar-refractivity contribution is -0.0385. The highest BCUT2D eigenvalue weighted by Crippen LogP contribution is 2.49. The molecule has 2 aromatic rings. The van der Waals surface area contributed by atoms with E-state index in [0.29, 0.717) is 18.6 Å². The van der Waals surface area contributed by atoms with Crippen molar-refractivity contribution in [1.82, 2.24) is 0 Å². The van der Waals surface area contributed by atoms with Crippen LogP contribution in [0.5, 0.6) is 0 Å². The number of hydrogen-bond acceptors (Lipinski definition) is 3. The second-order valence-corrected chi connectivity index (χ2v) is 6.62. The molecule has 5 heteroatoms. The molecule has 128 valence electrons. The first-order valence-electron chi connectivity index (χ1n) is 8.51. The molecule has 3 atom stereocenters. The van der Waals surface area contributed by atoms with Crippen LogP contribution in [0.25, 0.3) is 0 Å². The van der Waals surface area contributed by atoms with E-state index >= 15 is 0 Å². The molecule has 3 nitrogen and oxygen atoms in total. The average molecular weight is 340 g/mol. The number of nitrogens with zero attached hydrogens (tertiary/aromatic N) is 1. The second-order valence-electron chi connectivity index (χ2n) is 6.62. The Hall–Kier alpha value is -2.45. The van der Waals surface area contributed by atoms with Gasteiger partial charge in [0.15, 0.2) is 11.6 Å². The predicted molar refractivity (Wildman–Crippen MR) is 89.9 cm³/mol. The number of halogens is 2. The normalized spacial score (nSPS) is 24.6. The van der Waals surface area contributed by atoms with Crippen LogP contribution in [0.3, 0.4) is 0 Å². The molecule has 3 unspecified atom stereocenters. The number of benzene rings is 2. The van der Waals surface area contributed by atoms with Crippen molar-refractivity contribution in [2.75, 3.05) is 11.9 Å². The van der Waals surface area contributed by atoms with Crippen LogP contribution in [0.15, 0.2) is 36.4 Å². The Labute approximate surface area is 145 Å². The molecule has 1 N–H and O–H groups in total. The molecule has 0 saturated carbocycles. The molecular formula is C20H18F2N2O. The van der Waals surface area contributed by atoms with E-state index in [1.165, 1.54) is 0 Å². The molecule has 2 heterocycles. The summed E-state index contributed by atoms with van der Waals surface area (Å²) in [6, 6.07) is 11.9. The topological polar surface area (TPSA) is 45.0 Å². The molecule has 2 aromatic carbocycles. The zero-order chi connectivity index (χ0) is 17.4. The van der Waals surface area contributed by atoms with Crippen molar-refractivity contribution < 1.29 is 13.5 Å². The molecule has 1 saturated heterocycles. The van der Waals surface area contributed by atoms with Crippen LogP contribution in [0.4, 0.5) is 14.5 Å². The van der Waals surface area contributed by atoms with Crippen LogP contribution >= 0.6 is 0 Å². The molecule has 1 fully saturated rings. The minimum absolute atomic E-state index is 0.0230. The van der Waals surface area contributed by atoms with Crippen LogP contribution in [-0.4, -0.2) is 6.61 Å². The smallest absolute Gasteiger partial charge is 0.164 e. The first kappa shape index (κ1) is 16.0. The summed E-state index contributed by atoms with van der Waals surface area (Å²) in [6.07, 6.45) is 1.94. The van der Waals surface area contributed by atoms with Gasteiger partial charge in [-0.2, -0.15) is 5.26 Å². The van der Waals surface area contributed by atoms with Gasteiger partial charge in [0.2, 0.25) is 0 Å². The highest BCUT2D eigenvalue weighted by molar-refractivity contribution is 5.58. The van der Waals surface area contributed by atoms with E-state index in [1.54, 1.807) is 12.1 Å². The molecular weight excluding hydrogens is 322 g/mol. The molecule has 0 aliphatic carbocycles. The largest absolute Gasteiger partial charge is 0.377 e. The summed E-state index contributed by atoms with van der Waals surface area (Å²) in [5.41, 5.74) is 3.14. The summed E-state index contributed by atoms with van der Waals surface area (Å²) >= 11 is 0. The summed E-state index contributed by atoms with van der Waals surface area (Å²) in [6.45, 7) is 0.654. The van der Waals surface area contributed by atoms with Gasteiger partial charge >= 0.3 is 0 Å². The van der Waals surface area contributed by atoms with Gasteiger partial charge in [0.1, 0.15) is 0 Å². The van der Waals surface area contributed by atoms with Gasteiger partial charge in [-0.25, -0.2) is 8.78 Å². The Morgan fingerprint density at radius 3 is 2.92 bits per heavy atom. The van der Waals surface area contributed by atoms with Crippen molar-refractivity contribution in [1.29, 1.82) is 5.26 Å². The summed E-state index contributed by atoms with van der Waals surface area (Å²) in [5, 5.41) is 12.3. The van der Waals surface area contributed by atoms with E-state index in [2.05, 4.69) is 11.4 Å². The van der Waals surface area contributed by atoms with Gasteiger partial charge < -0.3 is 10.1 Å². The fourth-order valence-corrected chi connectivity index (χ4v) is 3.99. The van der Waals surface area contributed by atoms with Gasteiger partial charge in [-0.15, -0.1) is 0 Å². The maximum Gasteiger partial charge on any atom is 0.164 e. The third kappa shape index (κ3) is 2.77. The molecule has 0 bridgehead atoms. The van der Waals surface area contributed by atoms with Crippen molar-refractivity contribution in [3.05, 3.63) is 64.7 Å². The van der Waals surface area contributed by atoms with E-state index in [-0.39, 0.29) is 18.1 Å². The van der Waals surface area contributed by atoms with E-state index < -0.39 is 11.6 Å².